The summed E-state index contributed by atoms with van der Waals surface area (Å²) in [4.78, 5) is 0. The molecule has 4 aliphatic rings. The number of allylic oxidation sites excluding steroid dienone is 2. The third kappa shape index (κ3) is 1.64. The third-order valence-electron chi connectivity index (χ3n) is 8.36. The van der Waals surface area contributed by atoms with Gasteiger partial charge in [-0.05, 0) is 81.0 Å². The number of aliphatic hydroxyl groups is 1. The Labute approximate surface area is 134 Å². The molecule has 1 unspecified atom stereocenters. The molecular formula is C20H29NO. The van der Waals surface area contributed by atoms with Gasteiger partial charge in [0.05, 0.1) is 6.07 Å². The highest BCUT2D eigenvalue weighted by Crippen LogP contribution is 2.67. The van der Waals surface area contributed by atoms with Gasteiger partial charge in [-0.3, -0.25) is 0 Å². The summed E-state index contributed by atoms with van der Waals surface area (Å²) in [6.45, 7) is 4.72. The lowest BCUT2D eigenvalue weighted by atomic mass is 9.46. The Morgan fingerprint density at radius 2 is 1.91 bits per heavy atom. The molecule has 6 atom stereocenters. The molecule has 0 bridgehead atoms. The van der Waals surface area contributed by atoms with Crippen LogP contribution in [0.25, 0.3) is 0 Å². The third-order valence-corrected chi connectivity index (χ3v) is 8.36. The van der Waals surface area contributed by atoms with Crippen molar-refractivity contribution in [2.45, 2.75) is 77.2 Å². The maximum atomic E-state index is 10.9. The number of hydrogen-bond acceptors (Lipinski definition) is 2. The molecule has 4 aliphatic carbocycles. The lowest BCUT2D eigenvalue weighted by Gasteiger charge is -2.58. The first-order valence-corrected chi connectivity index (χ1v) is 9.28. The summed E-state index contributed by atoms with van der Waals surface area (Å²) in [6, 6.07) is 2.29. The van der Waals surface area contributed by atoms with Crippen LogP contribution in [0.5, 0.6) is 0 Å². The van der Waals surface area contributed by atoms with Gasteiger partial charge >= 0.3 is 0 Å². The first kappa shape index (κ1) is 14.8. The van der Waals surface area contributed by atoms with Gasteiger partial charge in [-0.25, -0.2) is 0 Å². The van der Waals surface area contributed by atoms with Crippen molar-refractivity contribution in [2.24, 2.45) is 28.6 Å². The Kier molecular flexibility index (Phi) is 3.09. The molecule has 3 saturated carbocycles. The fraction of sp³-hybridized carbons (Fsp3) is 0.850. The lowest BCUT2D eigenvalue weighted by molar-refractivity contribution is -0.100. The van der Waals surface area contributed by atoms with Crippen LogP contribution >= 0.6 is 0 Å². The number of hydrogen-bond donors (Lipinski definition) is 1. The van der Waals surface area contributed by atoms with Crippen LogP contribution < -0.4 is 0 Å². The van der Waals surface area contributed by atoms with Crippen molar-refractivity contribution in [3.05, 3.63) is 11.6 Å². The van der Waals surface area contributed by atoms with Gasteiger partial charge in [0.25, 0.3) is 0 Å². The summed E-state index contributed by atoms with van der Waals surface area (Å²) < 4.78 is 0. The molecular weight excluding hydrogens is 270 g/mol. The first-order chi connectivity index (χ1) is 10.4. The number of nitriles is 1. The van der Waals surface area contributed by atoms with E-state index in [4.69, 9.17) is 0 Å². The van der Waals surface area contributed by atoms with Crippen molar-refractivity contribution < 1.29 is 5.11 Å². The Morgan fingerprint density at radius 1 is 1.14 bits per heavy atom. The molecule has 2 nitrogen and oxygen atoms in total. The van der Waals surface area contributed by atoms with Gasteiger partial charge in [0.15, 0.2) is 5.60 Å². The minimum atomic E-state index is -1.08. The van der Waals surface area contributed by atoms with Crippen molar-refractivity contribution in [3.63, 3.8) is 0 Å². The summed E-state index contributed by atoms with van der Waals surface area (Å²) in [7, 11) is 0. The fourth-order valence-electron chi connectivity index (χ4n) is 6.95. The summed E-state index contributed by atoms with van der Waals surface area (Å²) in [5.41, 5.74) is 0.897. The molecule has 0 radical (unpaired) electrons. The lowest BCUT2D eigenvalue weighted by Crippen LogP contribution is -2.54. The van der Waals surface area contributed by atoms with Crippen molar-refractivity contribution in [1.82, 2.24) is 0 Å². The molecule has 4 rings (SSSR count). The van der Waals surface area contributed by atoms with Gasteiger partial charge in [0.2, 0.25) is 0 Å². The highest BCUT2D eigenvalue weighted by atomic mass is 16.3. The summed E-state index contributed by atoms with van der Waals surface area (Å²) in [5.74, 6) is 2.06. The Morgan fingerprint density at radius 3 is 2.68 bits per heavy atom. The number of nitrogens with zero attached hydrogens (tertiary/aromatic N) is 1. The standard InChI is InChI=1S/C20H29NO/c1-18-10-4-3-5-14(18)6-7-15-16(18)8-11-19(2)17(15)9-12-20(19,22)13-21/h5,15-17,22H,3-4,6-12H2,1-2H3/t15-,16-,17+,18+,19+,20?/m1/s1. The summed E-state index contributed by atoms with van der Waals surface area (Å²) >= 11 is 0. The molecule has 0 aromatic carbocycles. The van der Waals surface area contributed by atoms with Crippen molar-refractivity contribution >= 4 is 0 Å². The van der Waals surface area contributed by atoms with Crippen LogP contribution in [0.1, 0.15) is 71.6 Å². The smallest absolute Gasteiger partial charge is 0.156 e. The van der Waals surface area contributed by atoms with Gasteiger partial charge in [-0.1, -0.05) is 25.5 Å². The normalized spacial score (nSPS) is 53.7. The van der Waals surface area contributed by atoms with Crippen LogP contribution in [-0.2, 0) is 0 Å². The molecule has 0 spiro atoms. The second-order valence-corrected chi connectivity index (χ2v) is 8.92. The average molecular weight is 299 g/mol. The molecule has 0 saturated heterocycles. The zero-order valence-electron chi connectivity index (χ0n) is 14.1. The van der Waals surface area contributed by atoms with E-state index in [1.54, 1.807) is 5.57 Å². The van der Waals surface area contributed by atoms with Crippen LogP contribution in [0.2, 0.25) is 0 Å². The Hall–Kier alpha value is -0.810. The van der Waals surface area contributed by atoms with Crippen LogP contribution in [0.15, 0.2) is 11.6 Å². The predicted molar refractivity (Wildman–Crippen MR) is 86.9 cm³/mol. The molecule has 0 amide bonds. The topological polar surface area (TPSA) is 44.0 Å². The zero-order valence-corrected chi connectivity index (χ0v) is 14.1. The molecule has 0 aromatic rings. The zero-order chi connectivity index (χ0) is 15.6. The van der Waals surface area contributed by atoms with E-state index in [9.17, 15) is 10.4 Å². The predicted octanol–water partition coefficient (Wildman–Crippen LogP) is 4.59. The number of fused-ring (bicyclic) bond motifs is 5. The van der Waals surface area contributed by atoms with Gasteiger partial charge in [0.1, 0.15) is 0 Å². The van der Waals surface area contributed by atoms with Gasteiger partial charge in [-0.2, -0.15) is 5.26 Å². The molecule has 1 N–H and O–H groups in total. The minimum Gasteiger partial charge on any atom is -0.375 e. The van der Waals surface area contributed by atoms with Crippen LogP contribution in [-0.4, -0.2) is 10.7 Å². The van der Waals surface area contributed by atoms with E-state index in [-0.39, 0.29) is 5.41 Å². The van der Waals surface area contributed by atoms with Gasteiger partial charge in [0, 0.05) is 5.41 Å². The van der Waals surface area contributed by atoms with E-state index in [0.717, 1.165) is 24.7 Å². The van der Waals surface area contributed by atoms with Crippen LogP contribution in [0.4, 0.5) is 0 Å². The molecule has 22 heavy (non-hydrogen) atoms. The number of rotatable bonds is 0. The van der Waals surface area contributed by atoms with Crippen molar-refractivity contribution in [1.29, 1.82) is 5.26 Å². The molecule has 120 valence electrons. The second kappa shape index (κ2) is 4.60. The van der Waals surface area contributed by atoms with E-state index in [2.05, 4.69) is 26.0 Å². The highest BCUT2D eigenvalue weighted by Gasteiger charge is 2.64. The Bertz CT molecular complexity index is 561. The Balaban J connectivity index is 1.70. The maximum Gasteiger partial charge on any atom is 0.156 e. The molecule has 2 heteroatoms. The minimum absolute atomic E-state index is 0.171. The molecule has 0 aromatic heterocycles. The van der Waals surface area contributed by atoms with E-state index in [1.807, 2.05) is 0 Å². The summed E-state index contributed by atoms with van der Waals surface area (Å²) in [6.07, 6.45) is 13.0. The first-order valence-electron chi connectivity index (χ1n) is 9.28. The molecule has 0 aliphatic heterocycles. The summed E-state index contributed by atoms with van der Waals surface area (Å²) in [5, 5.41) is 20.4. The van der Waals surface area contributed by atoms with E-state index in [0.29, 0.717) is 17.8 Å². The average Bonchev–Trinajstić information content (AvgIpc) is 2.79. The quantitative estimate of drug-likeness (QED) is 0.525. The fourth-order valence-corrected chi connectivity index (χ4v) is 6.95. The van der Waals surface area contributed by atoms with Crippen molar-refractivity contribution in [2.75, 3.05) is 0 Å². The monoisotopic (exact) mass is 299 g/mol. The molecule has 3 fully saturated rings. The highest BCUT2D eigenvalue weighted by molar-refractivity contribution is 5.26. The van der Waals surface area contributed by atoms with E-state index in [1.165, 1.54) is 38.5 Å². The second-order valence-electron chi connectivity index (χ2n) is 8.92. The van der Waals surface area contributed by atoms with E-state index < -0.39 is 5.60 Å². The van der Waals surface area contributed by atoms with Crippen LogP contribution in [0, 0.1) is 39.9 Å². The van der Waals surface area contributed by atoms with Crippen molar-refractivity contribution in [3.8, 4) is 6.07 Å². The molecule has 0 heterocycles. The van der Waals surface area contributed by atoms with Gasteiger partial charge < -0.3 is 5.11 Å². The van der Waals surface area contributed by atoms with E-state index >= 15 is 0 Å². The maximum absolute atomic E-state index is 10.9. The SMILES string of the molecule is C[C@]12CCCC=C1CC[C@@H]1[C@H]2CC[C@@]2(C)[C@H]1CCC2(O)C#N. The van der Waals surface area contributed by atoms with Crippen LogP contribution in [0.3, 0.4) is 0 Å². The largest absolute Gasteiger partial charge is 0.375 e. The van der Waals surface area contributed by atoms with Gasteiger partial charge in [-0.15, -0.1) is 0 Å².